The zero-order valence-corrected chi connectivity index (χ0v) is 15.3. The lowest BCUT2D eigenvalue weighted by Crippen LogP contribution is -2.49. The molecular formula is C16H25N3O5S. The second-order valence-electron chi connectivity index (χ2n) is 5.96. The van der Waals surface area contributed by atoms with Crippen LogP contribution in [0, 0.1) is 6.92 Å². The minimum absolute atomic E-state index is 0.217. The monoisotopic (exact) mass is 371 g/mol. The van der Waals surface area contributed by atoms with E-state index in [0.29, 0.717) is 37.6 Å². The molecule has 140 valence electrons. The van der Waals surface area contributed by atoms with Crippen LogP contribution in [-0.4, -0.2) is 70.4 Å². The van der Waals surface area contributed by atoms with Crippen molar-refractivity contribution in [1.29, 1.82) is 0 Å². The Morgan fingerprint density at radius 2 is 2.24 bits per heavy atom. The van der Waals surface area contributed by atoms with E-state index in [9.17, 15) is 13.2 Å². The van der Waals surface area contributed by atoms with Crippen LogP contribution in [0.25, 0.3) is 0 Å². The Bertz CT molecular complexity index is 708. The van der Waals surface area contributed by atoms with Crippen molar-refractivity contribution in [2.45, 2.75) is 13.0 Å². The number of ether oxygens (including phenoxy) is 2. The highest BCUT2D eigenvalue weighted by Gasteiger charge is 2.27. The van der Waals surface area contributed by atoms with Crippen molar-refractivity contribution >= 4 is 15.9 Å². The van der Waals surface area contributed by atoms with E-state index in [1.54, 1.807) is 12.1 Å². The molecule has 0 aromatic heterocycles. The lowest BCUT2D eigenvalue weighted by atomic mass is 10.1. The van der Waals surface area contributed by atoms with Gasteiger partial charge in [-0.25, -0.2) is 8.42 Å². The Morgan fingerprint density at radius 1 is 1.48 bits per heavy atom. The second kappa shape index (κ2) is 8.61. The molecule has 1 aromatic carbocycles. The number of rotatable bonds is 7. The molecule has 8 nitrogen and oxygen atoms in total. The van der Waals surface area contributed by atoms with E-state index in [1.807, 2.05) is 13.0 Å². The number of amides is 1. The van der Waals surface area contributed by atoms with Crippen molar-refractivity contribution in [3.63, 3.8) is 0 Å². The van der Waals surface area contributed by atoms with Gasteiger partial charge in [0.2, 0.25) is 10.0 Å². The van der Waals surface area contributed by atoms with Gasteiger partial charge in [-0.1, -0.05) is 11.6 Å². The van der Waals surface area contributed by atoms with E-state index in [2.05, 4.69) is 5.32 Å². The number of nitrogens with two attached hydrogens (primary N) is 1. The fourth-order valence-electron chi connectivity index (χ4n) is 2.53. The van der Waals surface area contributed by atoms with Gasteiger partial charge in [0.1, 0.15) is 12.4 Å². The number of morpholine rings is 1. The summed E-state index contributed by atoms with van der Waals surface area (Å²) < 4.78 is 35.7. The second-order valence-corrected chi connectivity index (χ2v) is 7.94. The summed E-state index contributed by atoms with van der Waals surface area (Å²) in [6.45, 7) is 3.64. The average Bonchev–Trinajstić information content (AvgIpc) is 2.58. The molecule has 0 spiro atoms. The first-order chi connectivity index (χ1) is 11.8. The van der Waals surface area contributed by atoms with Gasteiger partial charge in [0.15, 0.2) is 0 Å². The SMILES string of the molecule is Cc1ccc(OCCN)c(C(=O)NCC2CN(S(C)(=O)=O)CCO2)c1. The first-order valence-electron chi connectivity index (χ1n) is 8.09. The quantitative estimate of drug-likeness (QED) is 0.682. The highest BCUT2D eigenvalue weighted by molar-refractivity contribution is 7.88. The van der Waals surface area contributed by atoms with Crippen molar-refractivity contribution in [3.8, 4) is 5.75 Å². The highest BCUT2D eigenvalue weighted by Crippen LogP contribution is 2.20. The molecule has 1 fully saturated rings. The fourth-order valence-corrected chi connectivity index (χ4v) is 3.38. The first kappa shape index (κ1) is 19.6. The van der Waals surface area contributed by atoms with Crippen molar-refractivity contribution in [2.24, 2.45) is 5.73 Å². The third-order valence-corrected chi connectivity index (χ3v) is 5.09. The molecule has 0 radical (unpaired) electrons. The fraction of sp³-hybridized carbons (Fsp3) is 0.562. The molecule has 9 heteroatoms. The van der Waals surface area contributed by atoms with E-state index in [-0.39, 0.29) is 25.1 Å². The lowest BCUT2D eigenvalue weighted by molar-refractivity contribution is 0.000422. The maximum atomic E-state index is 12.5. The molecule has 1 amide bonds. The standard InChI is InChI=1S/C16H25N3O5S/c1-12-3-4-15(24-7-5-17)14(9-12)16(20)18-10-13-11-19(6-8-23-13)25(2,21)22/h3-4,9,13H,5-8,10-11,17H2,1-2H3,(H,18,20). The predicted octanol–water partition coefficient (Wildman–Crippen LogP) is -0.277. The van der Waals surface area contributed by atoms with Gasteiger partial charge in [-0.3, -0.25) is 4.79 Å². The Balaban J connectivity index is 1.99. The summed E-state index contributed by atoms with van der Waals surface area (Å²) in [5.74, 6) is 0.173. The minimum Gasteiger partial charge on any atom is -0.491 e. The first-order valence-corrected chi connectivity index (χ1v) is 9.94. The molecule has 25 heavy (non-hydrogen) atoms. The van der Waals surface area contributed by atoms with Crippen LogP contribution in [-0.2, 0) is 14.8 Å². The molecule has 1 aliphatic rings. The number of hydrogen-bond donors (Lipinski definition) is 2. The molecule has 1 aromatic rings. The largest absolute Gasteiger partial charge is 0.491 e. The molecule has 2 rings (SSSR count). The lowest BCUT2D eigenvalue weighted by Gasteiger charge is -2.31. The maximum absolute atomic E-state index is 12.5. The third kappa shape index (κ3) is 5.67. The van der Waals surface area contributed by atoms with Crippen LogP contribution in [0.15, 0.2) is 18.2 Å². The Kier molecular flexibility index (Phi) is 6.77. The summed E-state index contributed by atoms with van der Waals surface area (Å²) in [4.78, 5) is 12.5. The van der Waals surface area contributed by atoms with Crippen LogP contribution in [0.4, 0.5) is 0 Å². The summed E-state index contributed by atoms with van der Waals surface area (Å²) >= 11 is 0. The van der Waals surface area contributed by atoms with E-state index < -0.39 is 10.0 Å². The predicted molar refractivity (Wildman–Crippen MR) is 94.2 cm³/mol. The minimum atomic E-state index is -3.26. The van der Waals surface area contributed by atoms with Gasteiger partial charge in [0.05, 0.1) is 24.5 Å². The molecule has 0 aliphatic carbocycles. The molecular weight excluding hydrogens is 346 g/mol. The van der Waals surface area contributed by atoms with Gasteiger partial charge < -0.3 is 20.5 Å². The van der Waals surface area contributed by atoms with Crippen molar-refractivity contribution in [2.75, 3.05) is 45.6 Å². The van der Waals surface area contributed by atoms with E-state index in [4.69, 9.17) is 15.2 Å². The van der Waals surface area contributed by atoms with Crippen LogP contribution < -0.4 is 15.8 Å². The zero-order valence-electron chi connectivity index (χ0n) is 14.5. The molecule has 3 N–H and O–H groups in total. The molecule has 0 saturated carbocycles. The number of nitrogens with one attached hydrogen (secondary N) is 1. The molecule has 1 atom stereocenters. The van der Waals surface area contributed by atoms with Crippen LogP contribution in [0.5, 0.6) is 5.75 Å². The number of carbonyl (C=O) groups is 1. The van der Waals surface area contributed by atoms with Crippen molar-refractivity contribution < 1.29 is 22.7 Å². The van der Waals surface area contributed by atoms with Crippen molar-refractivity contribution in [1.82, 2.24) is 9.62 Å². The number of carbonyl (C=O) groups excluding carboxylic acids is 1. The smallest absolute Gasteiger partial charge is 0.255 e. The molecule has 1 unspecified atom stereocenters. The molecule has 0 bridgehead atoms. The normalized spacial score (nSPS) is 18.8. The van der Waals surface area contributed by atoms with Gasteiger partial charge in [0.25, 0.3) is 5.91 Å². The topological polar surface area (TPSA) is 111 Å². The highest BCUT2D eigenvalue weighted by atomic mass is 32.2. The van der Waals surface area contributed by atoms with Crippen molar-refractivity contribution in [3.05, 3.63) is 29.3 Å². The zero-order chi connectivity index (χ0) is 18.4. The number of sulfonamides is 1. The molecule has 1 heterocycles. The molecule has 1 saturated heterocycles. The van der Waals surface area contributed by atoms with Crippen LogP contribution in [0.2, 0.25) is 0 Å². The van der Waals surface area contributed by atoms with E-state index in [0.717, 1.165) is 5.56 Å². The van der Waals surface area contributed by atoms with Gasteiger partial charge in [0, 0.05) is 26.2 Å². The average molecular weight is 371 g/mol. The summed E-state index contributed by atoms with van der Waals surface area (Å²) in [7, 11) is -3.26. The summed E-state index contributed by atoms with van der Waals surface area (Å²) in [6, 6.07) is 5.34. The van der Waals surface area contributed by atoms with Gasteiger partial charge in [-0.15, -0.1) is 0 Å². The summed E-state index contributed by atoms with van der Waals surface area (Å²) in [5, 5.41) is 2.79. The van der Waals surface area contributed by atoms with Gasteiger partial charge in [-0.05, 0) is 19.1 Å². The number of nitrogens with zero attached hydrogens (tertiary/aromatic N) is 1. The van der Waals surface area contributed by atoms with Gasteiger partial charge >= 0.3 is 0 Å². The number of benzene rings is 1. The molecule has 1 aliphatic heterocycles. The van der Waals surface area contributed by atoms with E-state index >= 15 is 0 Å². The maximum Gasteiger partial charge on any atom is 0.255 e. The summed E-state index contributed by atoms with van der Waals surface area (Å²) in [6.07, 6.45) is 0.785. The Morgan fingerprint density at radius 3 is 2.92 bits per heavy atom. The summed E-state index contributed by atoms with van der Waals surface area (Å²) in [5.41, 5.74) is 6.79. The number of aryl methyl sites for hydroxylation is 1. The van der Waals surface area contributed by atoms with Gasteiger partial charge in [-0.2, -0.15) is 4.31 Å². The Labute approximate surface area is 148 Å². The number of hydrogen-bond acceptors (Lipinski definition) is 6. The van der Waals surface area contributed by atoms with Crippen LogP contribution in [0.3, 0.4) is 0 Å². The van der Waals surface area contributed by atoms with Crippen LogP contribution >= 0.6 is 0 Å². The van der Waals surface area contributed by atoms with Crippen LogP contribution in [0.1, 0.15) is 15.9 Å². The third-order valence-electron chi connectivity index (χ3n) is 3.82. The Hall–Kier alpha value is -1.68. The van der Waals surface area contributed by atoms with E-state index in [1.165, 1.54) is 10.6 Å².